The van der Waals surface area contributed by atoms with Gasteiger partial charge in [-0.2, -0.15) is 11.3 Å². The van der Waals surface area contributed by atoms with Crippen LogP contribution in [0, 0.1) is 13.8 Å². The van der Waals surface area contributed by atoms with Gasteiger partial charge in [0.05, 0.1) is 5.56 Å². The van der Waals surface area contributed by atoms with Gasteiger partial charge in [0.25, 0.3) is 0 Å². The molecule has 0 amide bonds. The van der Waals surface area contributed by atoms with Crippen molar-refractivity contribution in [3.8, 4) is 11.1 Å². The molecule has 0 saturated carbocycles. The van der Waals surface area contributed by atoms with E-state index in [2.05, 4.69) is 0 Å². The second-order valence-electron chi connectivity index (χ2n) is 3.80. The molecule has 3 heteroatoms. The van der Waals surface area contributed by atoms with Gasteiger partial charge in [0.15, 0.2) is 0 Å². The van der Waals surface area contributed by atoms with E-state index in [0.717, 1.165) is 22.3 Å². The Hall–Kier alpha value is -1.61. The van der Waals surface area contributed by atoms with E-state index >= 15 is 0 Å². The highest BCUT2D eigenvalue weighted by Gasteiger charge is 2.11. The van der Waals surface area contributed by atoms with Gasteiger partial charge in [-0.25, -0.2) is 4.79 Å². The van der Waals surface area contributed by atoms with Crippen molar-refractivity contribution in [1.29, 1.82) is 0 Å². The summed E-state index contributed by atoms with van der Waals surface area (Å²) in [5.74, 6) is -0.867. The zero-order valence-corrected chi connectivity index (χ0v) is 9.97. The molecule has 16 heavy (non-hydrogen) atoms. The van der Waals surface area contributed by atoms with Crippen molar-refractivity contribution in [3.05, 3.63) is 45.6 Å². The van der Waals surface area contributed by atoms with Crippen LogP contribution in [0.25, 0.3) is 11.1 Å². The summed E-state index contributed by atoms with van der Waals surface area (Å²) in [4.78, 5) is 11.1. The third-order valence-corrected chi connectivity index (χ3v) is 3.32. The SMILES string of the molecule is Cc1cc(C)c(-c2ccsc2)cc1C(=O)O. The number of aryl methyl sites for hydroxylation is 2. The minimum absolute atomic E-state index is 0.381. The lowest BCUT2D eigenvalue weighted by Gasteiger charge is -2.08. The van der Waals surface area contributed by atoms with Crippen molar-refractivity contribution in [2.24, 2.45) is 0 Å². The highest BCUT2D eigenvalue weighted by Crippen LogP contribution is 2.28. The van der Waals surface area contributed by atoms with Crippen molar-refractivity contribution < 1.29 is 9.90 Å². The lowest BCUT2D eigenvalue weighted by Crippen LogP contribution is -2.01. The Morgan fingerprint density at radius 2 is 2.00 bits per heavy atom. The Balaban J connectivity index is 2.63. The molecule has 0 fully saturated rings. The predicted octanol–water partition coefficient (Wildman–Crippen LogP) is 3.73. The van der Waals surface area contributed by atoms with Crippen LogP contribution < -0.4 is 0 Å². The maximum absolute atomic E-state index is 11.1. The van der Waals surface area contributed by atoms with E-state index in [1.807, 2.05) is 36.7 Å². The Morgan fingerprint density at radius 3 is 2.56 bits per heavy atom. The number of carbonyl (C=O) groups is 1. The highest BCUT2D eigenvalue weighted by atomic mass is 32.1. The monoisotopic (exact) mass is 232 g/mol. The van der Waals surface area contributed by atoms with E-state index in [4.69, 9.17) is 5.11 Å². The zero-order chi connectivity index (χ0) is 11.7. The molecule has 1 N–H and O–H groups in total. The second-order valence-corrected chi connectivity index (χ2v) is 4.58. The minimum atomic E-state index is -0.867. The van der Waals surface area contributed by atoms with Crippen molar-refractivity contribution in [2.75, 3.05) is 0 Å². The summed E-state index contributed by atoms with van der Waals surface area (Å²) in [6, 6.07) is 5.69. The van der Waals surface area contributed by atoms with Gasteiger partial charge in [0, 0.05) is 0 Å². The summed E-state index contributed by atoms with van der Waals surface area (Å²) in [6.07, 6.45) is 0. The first-order chi connectivity index (χ1) is 7.59. The number of hydrogen-bond donors (Lipinski definition) is 1. The van der Waals surface area contributed by atoms with Crippen LogP contribution in [0.1, 0.15) is 21.5 Å². The molecule has 2 nitrogen and oxygen atoms in total. The van der Waals surface area contributed by atoms with E-state index in [0.29, 0.717) is 5.56 Å². The van der Waals surface area contributed by atoms with Crippen molar-refractivity contribution in [2.45, 2.75) is 13.8 Å². The van der Waals surface area contributed by atoms with Crippen LogP contribution in [0.5, 0.6) is 0 Å². The third kappa shape index (κ3) is 1.86. The quantitative estimate of drug-likeness (QED) is 0.856. The van der Waals surface area contributed by atoms with E-state index < -0.39 is 5.97 Å². The molecule has 1 aromatic carbocycles. The molecule has 1 heterocycles. The van der Waals surface area contributed by atoms with Crippen LogP contribution in [0.2, 0.25) is 0 Å². The lowest BCUT2D eigenvalue weighted by atomic mass is 9.96. The van der Waals surface area contributed by atoms with Crippen LogP contribution in [0.4, 0.5) is 0 Å². The molecule has 0 aliphatic rings. The molecule has 2 aromatic rings. The normalized spacial score (nSPS) is 10.4. The van der Waals surface area contributed by atoms with Crippen molar-refractivity contribution in [3.63, 3.8) is 0 Å². The first-order valence-electron chi connectivity index (χ1n) is 4.96. The topological polar surface area (TPSA) is 37.3 Å². The molecule has 82 valence electrons. The average Bonchev–Trinajstić information content (AvgIpc) is 2.70. The smallest absolute Gasteiger partial charge is 0.335 e. The molecule has 0 atom stereocenters. The van der Waals surface area contributed by atoms with E-state index in [9.17, 15) is 4.79 Å². The van der Waals surface area contributed by atoms with Crippen LogP contribution in [-0.2, 0) is 0 Å². The minimum Gasteiger partial charge on any atom is -0.478 e. The molecule has 2 rings (SSSR count). The fourth-order valence-corrected chi connectivity index (χ4v) is 2.47. The first kappa shape index (κ1) is 10.9. The predicted molar refractivity (Wildman–Crippen MR) is 66.2 cm³/mol. The van der Waals surface area contributed by atoms with Gasteiger partial charge in [-0.3, -0.25) is 0 Å². The number of hydrogen-bond acceptors (Lipinski definition) is 2. The van der Waals surface area contributed by atoms with E-state index in [1.165, 1.54) is 0 Å². The number of rotatable bonds is 2. The van der Waals surface area contributed by atoms with Gasteiger partial charge in [-0.05, 0) is 59.0 Å². The van der Waals surface area contributed by atoms with Gasteiger partial charge in [0.2, 0.25) is 0 Å². The maximum atomic E-state index is 11.1. The average molecular weight is 232 g/mol. The number of benzene rings is 1. The maximum Gasteiger partial charge on any atom is 0.335 e. The third-order valence-electron chi connectivity index (χ3n) is 2.63. The number of carboxylic acid groups (broad SMARTS) is 1. The summed E-state index contributed by atoms with van der Waals surface area (Å²) in [7, 11) is 0. The Labute approximate surface area is 98.2 Å². The standard InChI is InChI=1S/C13H12O2S/c1-8-5-9(2)12(13(14)15)6-11(8)10-3-4-16-7-10/h3-7H,1-2H3,(H,14,15). The number of aromatic carboxylic acids is 1. The van der Waals surface area contributed by atoms with Gasteiger partial charge in [0.1, 0.15) is 0 Å². The van der Waals surface area contributed by atoms with Crippen molar-refractivity contribution >= 4 is 17.3 Å². The van der Waals surface area contributed by atoms with Crippen LogP contribution in [0.3, 0.4) is 0 Å². The molecule has 0 aliphatic carbocycles. The number of carboxylic acids is 1. The number of thiophene rings is 1. The largest absolute Gasteiger partial charge is 0.478 e. The van der Waals surface area contributed by atoms with Crippen molar-refractivity contribution in [1.82, 2.24) is 0 Å². The highest BCUT2D eigenvalue weighted by molar-refractivity contribution is 7.08. The fraction of sp³-hybridized carbons (Fsp3) is 0.154. The summed E-state index contributed by atoms with van der Waals surface area (Å²) in [5.41, 5.74) is 4.39. The van der Waals surface area contributed by atoms with Crippen LogP contribution in [-0.4, -0.2) is 11.1 Å². The summed E-state index contributed by atoms with van der Waals surface area (Å²) in [5, 5.41) is 13.1. The molecule has 0 aliphatic heterocycles. The molecule has 0 saturated heterocycles. The Morgan fingerprint density at radius 1 is 1.25 bits per heavy atom. The Bertz CT molecular complexity index is 527. The van der Waals surface area contributed by atoms with Gasteiger partial charge in [-0.1, -0.05) is 6.07 Å². The molecule has 0 bridgehead atoms. The Kier molecular flexibility index (Phi) is 2.79. The summed E-state index contributed by atoms with van der Waals surface area (Å²) in [6.45, 7) is 3.83. The fourth-order valence-electron chi connectivity index (χ4n) is 1.81. The van der Waals surface area contributed by atoms with Gasteiger partial charge >= 0.3 is 5.97 Å². The van der Waals surface area contributed by atoms with Gasteiger partial charge in [-0.15, -0.1) is 0 Å². The summed E-state index contributed by atoms with van der Waals surface area (Å²) < 4.78 is 0. The van der Waals surface area contributed by atoms with Gasteiger partial charge < -0.3 is 5.11 Å². The molecule has 1 aromatic heterocycles. The molecule has 0 spiro atoms. The summed E-state index contributed by atoms with van der Waals surface area (Å²) >= 11 is 1.61. The first-order valence-corrected chi connectivity index (χ1v) is 5.91. The second kappa shape index (κ2) is 4.10. The van der Waals surface area contributed by atoms with E-state index in [-0.39, 0.29) is 0 Å². The molecular weight excluding hydrogens is 220 g/mol. The molecular formula is C13H12O2S. The molecule has 0 unspecified atom stereocenters. The lowest BCUT2D eigenvalue weighted by molar-refractivity contribution is 0.0696. The van der Waals surface area contributed by atoms with Crippen LogP contribution >= 0.6 is 11.3 Å². The zero-order valence-electron chi connectivity index (χ0n) is 9.15. The van der Waals surface area contributed by atoms with Crippen LogP contribution in [0.15, 0.2) is 29.0 Å². The molecule has 0 radical (unpaired) electrons. The van der Waals surface area contributed by atoms with E-state index in [1.54, 1.807) is 17.4 Å².